The van der Waals surface area contributed by atoms with Gasteiger partial charge in [-0.2, -0.15) is 10.2 Å². The van der Waals surface area contributed by atoms with Crippen molar-refractivity contribution < 1.29 is 4.79 Å². The van der Waals surface area contributed by atoms with Crippen LogP contribution in [-0.4, -0.2) is 21.9 Å². The fraction of sp³-hybridized carbons (Fsp3) is 0.588. The molecule has 2 bridgehead atoms. The van der Waals surface area contributed by atoms with Crippen LogP contribution in [0.1, 0.15) is 38.1 Å². The van der Waals surface area contributed by atoms with E-state index in [-0.39, 0.29) is 12.5 Å². The number of nitrogens with one attached hydrogen (secondary N) is 1. The first-order chi connectivity index (χ1) is 10.4. The maximum Gasteiger partial charge on any atom is 0.261 e. The first kappa shape index (κ1) is 15.0. The van der Waals surface area contributed by atoms with Crippen molar-refractivity contribution in [2.24, 2.45) is 22.4 Å². The van der Waals surface area contributed by atoms with Crippen LogP contribution in [0.4, 0.5) is 0 Å². The minimum Gasteiger partial charge on any atom is -0.271 e. The summed E-state index contributed by atoms with van der Waals surface area (Å²) in [7, 11) is 0. The number of carbonyl (C=O) groups excluding carboxylic acids is 1. The van der Waals surface area contributed by atoms with E-state index >= 15 is 0 Å². The Morgan fingerprint density at radius 1 is 1.55 bits per heavy atom. The molecule has 0 radical (unpaired) electrons. The average Bonchev–Trinajstić information content (AvgIpc) is 2.76. The molecule has 3 aliphatic rings. The van der Waals surface area contributed by atoms with Crippen molar-refractivity contribution in [2.75, 3.05) is 0 Å². The Morgan fingerprint density at radius 3 is 2.91 bits per heavy atom. The van der Waals surface area contributed by atoms with Crippen LogP contribution in [0.2, 0.25) is 0 Å². The van der Waals surface area contributed by atoms with E-state index in [1.807, 2.05) is 26.1 Å². The van der Waals surface area contributed by atoms with Gasteiger partial charge in [0.15, 0.2) is 0 Å². The standard InChI is InChI=1S/C17H24N4O/c1-11-7-12(2)21(20-11)10-16(22)19-18-9-13-5-6-14-8-15(13)17(14,3)4/h5,7,9,14-15H,6,8,10H2,1-4H3,(H,19,22)/b18-9+. The van der Waals surface area contributed by atoms with Crippen LogP contribution < -0.4 is 5.43 Å². The molecular formula is C17H24N4O. The van der Waals surface area contributed by atoms with Crippen LogP contribution in [0.15, 0.2) is 22.8 Å². The highest BCUT2D eigenvalue weighted by Crippen LogP contribution is 2.58. The van der Waals surface area contributed by atoms with Gasteiger partial charge in [0, 0.05) is 5.69 Å². The van der Waals surface area contributed by atoms with Crippen molar-refractivity contribution in [2.45, 2.75) is 47.1 Å². The molecule has 1 N–H and O–H groups in total. The molecule has 1 aromatic heterocycles. The van der Waals surface area contributed by atoms with Crippen molar-refractivity contribution in [1.29, 1.82) is 0 Å². The Hall–Kier alpha value is -1.91. The molecule has 1 saturated carbocycles. The lowest BCUT2D eigenvalue weighted by Gasteiger charge is -2.55. The molecule has 0 saturated heterocycles. The molecule has 5 nitrogen and oxygen atoms in total. The number of allylic oxidation sites excluding steroid dienone is 2. The minimum absolute atomic E-state index is 0.149. The second-order valence-corrected chi connectivity index (χ2v) is 7.12. The van der Waals surface area contributed by atoms with Crippen molar-refractivity contribution in [3.8, 4) is 0 Å². The van der Waals surface area contributed by atoms with Gasteiger partial charge in [0.2, 0.25) is 0 Å². The minimum atomic E-state index is -0.149. The molecule has 5 heteroatoms. The topological polar surface area (TPSA) is 59.3 Å². The summed E-state index contributed by atoms with van der Waals surface area (Å²) in [4.78, 5) is 11.9. The number of hydrogen-bond donors (Lipinski definition) is 1. The summed E-state index contributed by atoms with van der Waals surface area (Å²) in [5.41, 5.74) is 6.15. The van der Waals surface area contributed by atoms with Gasteiger partial charge < -0.3 is 0 Å². The van der Waals surface area contributed by atoms with Crippen molar-refractivity contribution in [1.82, 2.24) is 15.2 Å². The summed E-state index contributed by atoms with van der Waals surface area (Å²) in [6.45, 7) is 8.72. The predicted molar refractivity (Wildman–Crippen MR) is 86.4 cm³/mol. The van der Waals surface area contributed by atoms with Crippen LogP contribution in [0, 0.1) is 31.1 Å². The molecule has 4 rings (SSSR count). The molecule has 1 amide bonds. The number of aryl methyl sites for hydroxylation is 2. The molecule has 1 fully saturated rings. The molecule has 1 heterocycles. The average molecular weight is 300 g/mol. The molecule has 22 heavy (non-hydrogen) atoms. The molecule has 0 spiro atoms. The van der Waals surface area contributed by atoms with Gasteiger partial charge in [0.05, 0.1) is 11.9 Å². The lowest BCUT2D eigenvalue weighted by atomic mass is 9.49. The van der Waals surface area contributed by atoms with Gasteiger partial charge in [-0.15, -0.1) is 0 Å². The smallest absolute Gasteiger partial charge is 0.261 e. The van der Waals surface area contributed by atoms with E-state index in [4.69, 9.17) is 0 Å². The number of hydrazone groups is 1. The Balaban J connectivity index is 1.55. The maximum absolute atomic E-state index is 11.9. The monoisotopic (exact) mass is 300 g/mol. The number of rotatable bonds is 4. The highest BCUT2D eigenvalue weighted by Gasteiger charge is 2.50. The summed E-state index contributed by atoms with van der Waals surface area (Å²) >= 11 is 0. The molecule has 0 aliphatic heterocycles. The number of amides is 1. The second kappa shape index (κ2) is 5.38. The van der Waals surface area contributed by atoms with Crippen LogP contribution in [-0.2, 0) is 11.3 Å². The Bertz CT molecular complexity index is 654. The number of carbonyl (C=O) groups is 1. The zero-order valence-corrected chi connectivity index (χ0v) is 13.8. The normalized spacial score (nSPS) is 25.7. The van der Waals surface area contributed by atoms with Gasteiger partial charge in [-0.1, -0.05) is 19.9 Å². The van der Waals surface area contributed by atoms with E-state index in [2.05, 4.69) is 35.5 Å². The van der Waals surface area contributed by atoms with Crippen LogP contribution in [0.3, 0.4) is 0 Å². The molecule has 118 valence electrons. The number of hydrogen-bond acceptors (Lipinski definition) is 3. The zero-order chi connectivity index (χ0) is 15.9. The largest absolute Gasteiger partial charge is 0.271 e. The second-order valence-electron chi connectivity index (χ2n) is 7.12. The summed E-state index contributed by atoms with van der Waals surface area (Å²) in [5.74, 6) is 1.25. The quantitative estimate of drug-likeness (QED) is 0.686. The SMILES string of the molecule is Cc1cc(C)n(CC(=O)N/N=C/C2=CCC3CC2C3(C)C)n1. The van der Waals surface area contributed by atoms with Gasteiger partial charge in [-0.25, -0.2) is 5.43 Å². The summed E-state index contributed by atoms with van der Waals surface area (Å²) in [5, 5.41) is 8.41. The third kappa shape index (κ3) is 2.60. The highest BCUT2D eigenvalue weighted by atomic mass is 16.2. The number of aromatic nitrogens is 2. The summed E-state index contributed by atoms with van der Waals surface area (Å²) in [6, 6.07) is 1.96. The van der Waals surface area contributed by atoms with E-state index in [0.717, 1.165) is 23.7 Å². The van der Waals surface area contributed by atoms with Crippen LogP contribution in [0.25, 0.3) is 0 Å². The molecule has 0 aromatic carbocycles. The molecule has 1 aromatic rings. The van der Waals surface area contributed by atoms with E-state index < -0.39 is 0 Å². The van der Waals surface area contributed by atoms with Crippen LogP contribution >= 0.6 is 0 Å². The van der Waals surface area contributed by atoms with Gasteiger partial charge in [0.25, 0.3) is 5.91 Å². The molecular weight excluding hydrogens is 276 g/mol. The Morgan fingerprint density at radius 2 is 2.32 bits per heavy atom. The maximum atomic E-state index is 11.9. The predicted octanol–water partition coefficient (Wildman–Crippen LogP) is 2.59. The Labute approximate surface area is 131 Å². The van der Waals surface area contributed by atoms with E-state index in [9.17, 15) is 4.79 Å². The first-order valence-corrected chi connectivity index (χ1v) is 7.91. The number of nitrogens with zero attached hydrogens (tertiary/aromatic N) is 3. The molecule has 2 atom stereocenters. The van der Waals surface area contributed by atoms with Gasteiger partial charge in [-0.05, 0) is 55.6 Å². The third-order valence-corrected chi connectivity index (χ3v) is 5.31. The van der Waals surface area contributed by atoms with Gasteiger partial charge in [-0.3, -0.25) is 9.48 Å². The van der Waals surface area contributed by atoms with Gasteiger partial charge in [0.1, 0.15) is 6.54 Å². The lowest BCUT2D eigenvalue weighted by molar-refractivity contribution is -0.121. The molecule has 2 unspecified atom stereocenters. The van der Waals surface area contributed by atoms with E-state index in [1.165, 1.54) is 12.0 Å². The third-order valence-electron chi connectivity index (χ3n) is 5.31. The van der Waals surface area contributed by atoms with Crippen molar-refractivity contribution in [3.05, 3.63) is 29.1 Å². The van der Waals surface area contributed by atoms with Crippen molar-refractivity contribution >= 4 is 12.1 Å². The zero-order valence-electron chi connectivity index (χ0n) is 13.8. The fourth-order valence-corrected chi connectivity index (χ4v) is 3.73. The Kier molecular flexibility index (Phi) is 3.67. The van der Waals surface area contributed by atoms with E-state index in [0.29, 0.717) is 11.3 Å². The summed E-state index contributed by atoms with van der Waals surface area (Å²) < 4.78 is 1.69. The highest BCUT2D eigenvalue weighted by molar-refractivity contribution is 5.83. The molecule has 3 aliphatic carbocycles. The summed E-state index contributed by atoms with van der Waals surface area (Å²) in [6.07, 6.45) is 6.47. The van der Waals surface area contributed by atoms with E-state index in [1.54, 1.807) is 4.68 Å². The van der Waals surface area contributed by atoms with Gasteiger partial charge >= 0.3 is 0 Å². The van der Waals surface area contributed by atoms with Crippen LogP contribution in [0.5, 0.6) is 0 Å². The first-order valence-electron chi connectivity index (χ1n) is 7.91. The lowest BCUT2D eigenvalue weighted by Crippen LogP contribution is -2.48. The van der Waals surface area contributed by atoms with Crippen molar-refractivity contribution in [3.63, 3.8) is 0 Å². The fourth-order valence-electron chi connectivity index (χ4n) is 3.73. The number of fused-ring (bicyclic) bond motifs is 1.